The number of imidazole rings is 1. The Kier molecular flexibility index (Phi) is 2.80. The van der Waals surface area contributed by atoms with Gasteiger partial charge in [0.2, 0.25) is 0 Å². The van der Waals surface area contributed by atoms with Crippen molar-refractivity contribution in [2.75, 3.05) is 12.8 Å². The SMILES string of the molecule is COc1cccc(-c2nc3cc(Cl)ccn3c2N)c1. The van der Waals surface area contributed by atoms with Gasteiger partial charge in [-0.3, -0.25) is 4.40 Å². The molecule has 0 spiro atoms. The van der Waals surface area contributed by atoms with Crippen molar-refractivity contribution in [2.45, 2.75) is 0 Å². The van der Waals surface area contributed by atoms with Gasteiger partial charge in [0.25, 0.3) is 0 Å². The molecule has 0 fully saturated rings. The monoisotopic (exact) mass is 273 g/mol. The zero-order valence-electron chi connectivity index (χ0n) is 10.3. The lowest BCUT2D eigenvalue weighted by Crippen LogP contribution is -1.93. The normalized spacial score (nSPS) is 10.8. The van der Waals surface area contributed by atoms with Gasteiger partial charge in [-0.05, 0) is 18.2 Å². The predicted octanol–water partition coefficient (Wildman–Crippen LogP) is 3.25. The second-order valence-electron chi connectivity index (χ2n) is 4.15. The Morgan fingerprint density at radius 2 is 2.11 bits per heavy atom. The van der Waals surface area contributed by atoms with Crippen molar-refractivity contribution in [2.24, 2.45) is 0 Å². The first-order valence-electron chi connectivity index (χ1n) is 5.76. The lowest BCUT2D eigenvalue weighted by Gasteiger charge is -2.02. The summed E-state index contributed by atoms with van der Waals surface area (Å²) in [6, 6.07) is 11.2. The number of methoxy groups -OCH3 is 1. The maximum absolute atomic E-state index is 6.13. The van der Waals surface area contributed by atoms with Gasteiger partial charge in [-0.2, -0.15) is 0 Å². The molecule has 96 valence electrons. The molecule has 3 aromatic rings. The zero-order chi connectivity index (χ0) is 13.4. The van der Waals surface area contributed by atoms with E-state index in [2.05, 4.69) is 4.98 Å². The molecule has 3 rings (SSSR count). The molecule has 0 aliphatic heterocycles. The molecule has 0 aliphatic rings. The number of nitrogens with zero attached hydrogens (tertiary/aromatic N) is 2. The van der Waals surface area contributed by atoms with Crippen molar-refractivity contribution < 1.29 is 4.74 Å². The maximum atomic E-state index is 6.13. The van der Waals surface area contributed by atoms with Crippen molar-refractivity contribution >= 4 is 23.1 Å². The smallest absolute Gasteiger partial charge is 0.140 e. The summed E-state index contributed by atoms with van der Waals surface area (Å²) in [6.45, 7) is 0. The zero-order valence-corrected chi connectivity index (χ0v) is 11.1. The minimum Gasteiger partial charge on any atom is -0.497 e. The second-order valence-corrected chi connectivity index (χ2v) is 4.59. The molecule has 19 heavy (non-hydrogen) atoms. The van der Waals surface area contributed by atoms with Gasteiger partial charge in [0.1, 0.15) is 22.9 Å². The molecule has 0 radical (unpaired) electrons. The summed E-state index contributed by atoms with van der Waals surface area (Å²) in [5.41, 5.74) is 8.49. The molecule has 0 unspecified atom stereocenters. The van der Waals surface area contributed by atoms with Crippen LogP contribution >= 0.6 is 11.6 Å². The number of ether oxygens (including phenoxy) is 1. The molecule has 1 aromatic carbocycles. The van der Waals surface area contributed by atoms with E-state index < -0.39 is 0 Å². The Labute approximate surface area is 115 Å². The van der Waals surface area contributed by atoms with Crippen molar-refractivity contribution in [1.29, 1.82) is 0 Å². The Balaban J connectivity index is 2.21. The number of hydrogen-bond donors (Lipinski definition) is 1. The third-order valence-electron chi connectivity index (χ3n) is 2.97. The number of anilines is 1. The van der Waals surface area contributed by atoms with Crippen LogP contribution in [0.1, 0.15) is 0 Å². The van der Waals surface area contributed by atoms with Crippen LogP contribution in [-0.2, 0) is 0 Å². The molecule has 2 heterocycles. The molecule has 0 aliphatic carbocycles. The first kappa shape index (κ1) is 11.9. The summed E-state index contributed by atoms with van der Waals surface area (Å²) in [4.78, 5) is 4.52. The van der Waals surface area contributed by atoms with Gasteiger partial charge in [-0.15, -0.1) is 0 Å². The van der Waals surface area contributed by atoms with E-state index in [-0.39, 0.29) is 0 Å². The molecular formula is C14H12ClN3O. The van der Waals surface area contributed by atoms with E-state index in [0.717, 1.165) is 22.7 Å². The highest BCUT2D eigenvalue weighted by Gasteiger charge is 2.11. The van der Waals surface area contributed by atoms with Crippen molar-refractivity contribution in [3.05, 3.63) is 47.6 Å². The number of fused-ring (bicyclic) bond motifs is 1. The van der Waals surface area contributed by atoms with Crippen LogP contribution in [0.2, 0.25) is 5.02 Å². The van der Waals surface area contributed by atoms with Crippen LogP contribution in [0.3, 0.4) is 0 Å². The van der Waals surface area contributed by atoms with Gasteiger partial charge in [0, 0.05) is 22.8 Å². The number of hydrogen-bond acceptors (Lipinski definition) is 3. The first-order chi connectivity index (χ1) is 9.19. The predicted molar refractivity (Wildman–Crippen MR) is 76.6 cm³/mol. The molecule has 0 atom stereocenters. The van der Waals surface area contributed by atoms with Crippen molar-refractivity contribution in [3.8, 4) is 17.0 Å². The van der Waals surface area contributed by atoms with E-state index in [1.807, 2.05) is 30.5 Å². The molecule has 4 nitrogen and oxygen atoms in total. The van der Waals surface area contributed by atoms with Crippen LogP contribution in [0.25, 0.3) is 16.9 Å². The van der Waals surface area contributed by atoms with Crippen LogP contribution in [0.4, 0.5) is 5.82 Å². The average Bonchev–Trinajstić information content (AvgIpc) is 2.75. The van der Waals surface area contributed by atoms with Crippen LogP contribution in [0, 0.1) is 0 Å². The summed E-state index contributed by atoms with van der Waals surface area (Å²) in [7, 11) is 1.63. The Hall–Kier alpha value is -2.20. The number of benzene rings is 1. The molecule has 5 heteroatoms. The maximum Gasteiger partial charge on any atom is 0.140 e. The summed E-state index contributed by atoms with van der Waals surface area (Å²) < 4.78 is 7.02. The fourth-order valence-corrected chi connectivity index (χ4v) is 2.18. The van der Waals surface area contributed by atoms with Crippen molar-refractivity contribution in [1.82, 2.24) is 9.38 Å². The van der Waals surface area contributed by atoms with E-state index in [9.17, 15) is 0 Å². The Morgan fingerprint density at radius 1 is 1.26 bits per heavy atom. The molecule has 2 N–H and O–H groups in total. The van der Waals surface area contributed by atoms with Crippen LogP contribution in [0.15, 0.2) is 42.6 Å². The standard InChI is InChI=1S/C14H12ClN3O/c1-19-11-4-2-3-9(7-11)13-14(16)18-6-5-10(15)8-12(18)17-13/h2-8H,16H2,1H3. The number of nitrogens with two attached hydrogens (primary N) is 1. The van der Waals surface area contributed by atoms with Gasteiger partial charge in [0.05, 0.1) is 7.11 Å². The highest BCUT2D eigenvalue weighted by Crippen LogP contribution is 2.29. The molecule has 0 saturated carbocycles. The minimum atomic E-state index is 0.583. The Morgan fingerprint density at radius 3 is 2.89 bits per heavy atom. The summed E-state index contributed by atoms with van der Waals surface area (Å²) in [5.74, 6) is 1.35. The van der Waals surface area contributed by atoms with E-state index in [0.29, 0.717) is 10.8 Å². The highest BCUT2D eigenvalue weighted by molar-refractivity contribution is 6.30. The molecule has 0 amide bonds. The van der Waals surface area contributed by atoms with Gasteiger partial charge < -0.3 is 10.5 Å². The fraction of sp³-hybridized carbons (Fsp3) is 0.0714. The number of pyridine rings is 1. The van der Waals surface area contributed by atoms with Gasteiger partial charge >= 0.3 is 0 Å². The minimum absolute atomic E-state index is 0.583. The third kappa shape index (κ3) is 2.00. The summed E-state index contributed by atoms with van der Waals surface area (Å²) in [6.07, 6.45) is 1.81. The van der Waals surface area contributed by atoms with E-state index in [1.54, 1.807) is 23.6 Å². The van der Waals surface area contributed by atoms with E-state index >= 15 is 0 Å². The van der Waals surface area contributed by atoms with Crippen LogP contribution in [-0.4, -0.2) is 16.5 Å². The lowest BCUT2D eigenvalue weighted by molar-refractivity contribution is 0.415. The third-order valence-corrected chi connectivity index (χ3v) is 3.20. The topological polar surface area (TPSA) is 52.5 Å². The number of aromatic nitrogens is 2. The average molecular weight is 274 g/mol. The first-order valence-corrected chi connectivity index (χ1v) is 6.14. The summed E-state index contributed by atoms with van der Waals surface area (Å²) >= 11 is 5.96. The molecule has 0 bridgehead atoms. The van der Waals surface area contributed by atoms with Crippen LogP contribution < -0.4 is 10.5 Å². The summed E-state index contributed by atoms with van der Waals surface area (Å²) in [5, 5.41) is 0.634. The molecule has 2 aromatic heterocycles. The lowest BCUT2D eigenvalue weighted by atomic mass is 10.1. The molecule has 0 saturated heterocycles. The number of halogens is 1. The van der Waals surface area contributed by atoms with E-state index in [4.69, 9.17) is 22.1 Å². The van der Waals surface area contributed by atoms with E-state index in [1.165, 1.54) is 0 Å². The van der Waals surface area contributed by atoms with Crippen LogP contribution in [0.5, 0.6) is 5.75 Å². The highest BCUT2D eigenvalue weighted by atomic mass is 35.5. The van der Waals surface area contributed by atoms with Crippen molar-refractivity contribution in [3.63, 3.8) is 0 Å². The fourth-order valence-electron chi connectivity index (χ4n) is 2.02. The molecular weight excluding hydrogens is 262 g/mol. The van der Waals surface area contributed by atoms with Gasteiger partial charge in [-0.25, -0.2) is 4.98 Å². The van der Waals surface area contributed by atoms with Gasteiger partial charge in [0.15, 0.2) is 0 Å². The number of nitrogen functional groups attached to an aromatic ring is 1. The Bertz CT molecular complexity index is 752. The second kappa shape index (κ2) is 4.48. The van der Waals surface area contributed by atoms with Gasteiger partial charge in [-0.1, -0.05) is 23.7 Å². The largest absolute Gasteiger partial charge is 0.497 e. The number of rotatable bonds is 2. The quantitative estimate of drug-likeness (QED) is 0.780.